The Morgan fingerprint density at radius 1 is 1.00 bits per heavy atom. The van der Waals surface area contributed by atoms with Crippen LogP contribution in [0.2, 0.25) is 0 Å². The molecule has 10 heteroatoms. The lowest BCUT2D eigenvalue weighted by Gasteiger charge is -2.15. The number of hydrogen-bond acceptors (Lipinski definition) is 6. The van der Waals surface area contributed by atoms with Gasteiger partial charge in [-0.3, -0.25) is 4.57 Å². The summed E-state index contributed by atoms with van der Waals surface area (Å²) in [6, 6.07) is 16.6. The second-order valence-corrected chi connectivity index (χ2v) is 8.68. The Balaban J connectivity index is 1.47. The Labute approximate surface area is 178 Å². The number of nitrogens with zero attached hydrogens (tertiary/aromatic N) is 5. The first-order valence-corrected chi connectivity index (χ1v) is 11.1. The molecule has 30 heavy (non-hydrogen) atoms. The molecule has 1 aliphatic rings. The SMILES string of the molecule is FC(F)(F)c1nc(SC[C@H]2CSc3nnc(-c4ccccc4)n32)c2ccccc2n1. The zero-order chi connectivity index (χ0) is 20.7. The van der Waals surface area contributed by atoms with Gasteiger partial charge in [-0.05, 0) is 6.07 Å². The van der Waals surface area contributed by atoms with Crippen LogP contribution in [-0.4, -0.2) is 36.2 Å². The Kier molecular flexibility index (Phi) is 4.90. The van der Waals surface area contributed by atoms with Crippen molar-refractivity contribution in [2.75, 3.05) is 11.5 Å². The lowest BCUT2D eigenvalue weighted by molar-refractivity contribution is -0.145. The number of thioether (sulfide) groups is 2. The number of hydrogen-bond donors (Lipinski definition) is 0. The van der Waals surface area contributed by atoms with Gasteiger partial charge in [0.05, 0.1) is 11.6 Å². The maximum Gasteiger partial charge on any atom is 0.451 e. The Hall–Kier alpha value is -2.59. The van der Waals surface area contributed by atoms with E-state index in [-0.39, 0.29) is 11.6 Å². The summed E-state index contributed by atoms with van der Waals surface area (Å²) in [5.41, 5.74) is 1.25. The van der Waals surface area contributed by atoms with Crippen molar-refractivity contribution in [2.24, 2.45) is 0 Å². The quantitative estimate of drug-likeness (QED) is 0.312. The number of aromatic nitrogens is 5. The molecule has 0 N–H and O–H groups in total. The smallest absolute Gasteiger partial charge is 0.297 e. The first kappa shape index (κ1) is 19.4. The van der Waals surface area contributed by atoms with Gasteiger partial charge >= 0.3 is 6.18 Å². The topological polar surface area (TPSA) is 56.5 Å². The summed E-state index contributed by atoms with van der Waals surface area (Å²) in [6.07, 6.45) is -4.59. The summed E-state index contributed by atoms with van der Waals surface area (Å²) in [5, 5.41) is 10.4. The predicted octanol–water partition coefficient (Wildman–Crippen LogP) is 5.35. The van der Waals surface area contributed by atoms with Crippen LogP contribution in [-0.2, 0) is 6.18 Å². The first-order valence-electron chi connectivity index (χ1n) is 9.10. The van der Waals surface area contributed by atoms with E-state index in [0.29, 0.717) is 16.2 Å². The molecule has 0 radical (unpaired) electrons. The molecular formula is C20H14F3N5S2. The minimum atomic E-state index is -4.59. The Bertz CT molecular complexity index is 1210. The number of fused-ring (bicyclic) bond motifs is 2. The summed E-state index contributed by atoms with van der Waals surface area (Å²) in [5.74, 6) is 0.993. The fraction of sp³-hybridized carbons (Fsp3) is 0.200. The molecular weight excluding hydrogens is 431 g/mol. The van der Waals surface area contributed by atoms with Gasteiger partial charge in [-0.1, -0.05) is 60.3 Å². The van der Waals surface area contributed by atoms with Crippen LogP contribution in [0, 0.1) is 0 Å². The zero-order valence-corrected chi connectivity index (χ0v) is 17.0. The predicted molar refractivity (Wildman–Crippen MR) is 110 cm³/mol. The molecule has 5 nitrogen and oxygen atoms in total. The van der Waals surface area contributed by atoms with Gasteiger partial charge in [0.15, 0.2) is 11.0 Å². The van der Waals surface area contributed by atoms with Crippen molar-refractivity contribution in [3.8, 4) is 11.4 Å². The summed E-state index contributed by atoms with van der Waals surface area (Å²) in [6.45, 7) is 0. The lowest BCUT2D eigenvalue weighted by Crippen LogP contribution is -2.13. The van der Waals surface area contributed by atoms with Gasteiger partial charge in [0.25, 0.3) is 0 Å². The van der Waals surface area contributed by atoms with Gasteiger partial charge in [0.1, 0.15) is 5.03 Å². The van der Waals surface area contributed by atoms with E-state index in [1.807, 2.05) is 30.3 Å². The van der Waals surface area contributed by atoms with Crippen molar-refractivity contribution < 1.29 is 13.2 Å². The van der Waals surface area contributed by atoms with Gasteiger partial charge in [-0.25, -0.2) is 9.97 Å². The average Bonchev–Trinajstić information content (AvgIpc) is 3.34. The molecule has 2 aromatic carbocycles. The van der Waals surface area contributed by atoms with E-state index in [9.17, 15) is 13.2 Å². The van der Waals surface area contributed by atoms with Crippen molar-refractivity contribution in [2.45, 2.75) is 22.4 Å². The molecule has 0 saturated heterocycles. The van der Waals surface area contributed by atoms with Crippen LogP contribution in [0.1, 0.15) is 11.9 Å². The molecule has 0 unspecified atom stereocenters. The number of para-hydroxylation sites is 1. The molecule has 4 aromatic rings. The molecule has 0 saturated carbocycles. The Morgan fingerprint density at radius 3 is 2.57 bits per heavy atom. The van der Waals surface area contributed by atoms with Gasteiger partial charge in [0, 0.05) is 22.5 Å². The molecule has 1 atom stereocenters. The number of rotatable bonds is 4. The van der Waals surface area contributed by atoms with Crippen LogP contribution in [0.15, 0.2) is 64.8 Å². The van der Waals surface area contributed by atoms with Crippen molar-refractivity contribution in [1.29, 1.82) is 0 Å². The number of benzene rings is 2. The molecule has 5 rings (SSSR count). The molecule has 0 amide bonds. The lowest BCUT2D eigenvalue weighted by atomic mass is 10.2. The summed E-state index contributed by atoms with van der Waals surface area (Å²) >= 11 is 2.91. The van der Waals surface area contributed by atoms with Gasteiger partial charge in [-0.15, -0.1) is 22.0 Å². The van der Waals surface area contributed by atoms with E-state index in [1.165, 1.54) is 11.8 Å². The van der Waals surface area contributed by atoms with E-state index in [2.05, 4.69) is 24.7 Å². The fourth-order valence-corrected chi connectivity index (χ4v) is 5.64. The van der Waals surface area contributed by atoms with Crippen molar-refractivity contribution in [3.05, 3.63) is 60.4 Å². The van der Waals surface area contributed by atoms with E-state index in [4.69, 9.17) is 0 Å². The van der Waals surface area contributed by atoms with Gasteiger partial charge in [0.2, 0.25) is 5.82 Å². The maximum atomic E-state index is 13.3. The third kappa shape index (κ3) is 3.54. The third-order valence-electron chi connectivity index (χ3n) is 4.70. The van der Waals surface area contributed by atoms with Crippen LogP contribution in [0.4, 0.5) is 13.2 Å². The van der Waals surface area contributed by atoms with Crippen LogP contribution in [0.3, 0.4) is 0 Å². The summed E-state index contributed by atoms with van der Waals surface area (Å²) < 4.78 is 41.9. The van der Waals surface area contributed by atoms with Crippen molar-refractivity contribution in [1.82, 2.24) is 24.7 Å². The average molecular weight is 445 g/mol. The molecule has 0 bridgehead atoms. The molecule has 0 fully saturated rings. The van der Waals surface area contributed by atoms with Crippen LogP contribution < -0.4 is 0 Å². The van der Waals surface area contributed by atoms with E-state index < -0.39 is 12.0 Å². The highest BCUT2D eigenvalue weighted by atomic mass is 32.2. The molecule has 1 aliphatic heterocycles. The molecule has 152 valence electrons. The minimum Gasteiger partial charge on any atom is -0.297 e. The standard InChI is InChI=1S/C20H14F3N5S2/c21-20(22,23)18-24-15-9-5-4-8-14(15)17(25-18)29-10-13-11-30-19-27-26-16(28(13)19)12-6-2-1-3-7-12/h1-9,13H,10-11H2/t13-/m0/s1. The van der Waals surface area contributed by atoms with Gasteiger partial charge < -0.3 is 0 Å². The maximum absolute atomic E-state index is 13.3. The fourth-order valence-electron chi connectivity index (χ4n) is 3.32. The summed E-state index contributed by atoms with van der Waals surface area (Å²) in [4.78, 5) is 7.53. The molecule has 0 aliphatic carbocycles. The highest BCUT2D eigenvalue weighted by Gasteiger charge is 2.36. The number of alkyl halides is 3. The van der Waals surface area contributed by atoms with Gasteiger partial charge in [-0.2, -0.15) is 13.2 Å². The molecule has 2 aromatic heterocycles. The molecule has 3 heterocycles. The highest BCUT2D eigenvalue weighted by molar-refractivity contribution is 8.00. The third-order valence-corrected chi connectivity index (χ3v) is 6.92. The minimum absolute atomic E-state index is 0.0447. The van der Waals surface area contributed by atoms with Crippen molar-refractivity contribution in [3.63, 3.8) is 0 Å². The van der Waals surface area contributed by atoms with Crippen LogP contribution in [0.5, 0.6) is 0 Å². The second-order valence-electron chi connectivity index (χ2n) is 6.69. The Morgan fingerprint density at radius 2 is 1.77 bits per heavy atom. The highest BCUT2D eigenvalue weighted by Crippen LogP contribution is 2.40. The van der Waals surface area contributed by atoms with Crippen molar-refractivity contribution >= 4 is 34.4 Å². The van der Waals surface area contributed by atoms with E-state index in [0.717, 1.165) is 22.3 Å². The second kappa shape index (κ2) is 7.59. The normalized spacial score (nSPS) is 16.2. The summed E-state index contributed by atoms with van der Waals surface area (Å²) in [7, 11) is 0. The zero-order valence-electron chi connectivity index (χ0n) is 15.4. The largest absolute Gasteiger partial charge is 0.451 e. The van der Waals surface area contributed by atoms with Crippen LogP contribution >= 0.6 is 23.5 Å². The first-order chi connectivity index (χ1) is 14.5. The molecule has 0 spiro atoms. The van der Waals surface area contributed by atoms with E-state index >= 15 is 0 Å². The monoisotopic (exact) mass is 445 g/mol. The van der Waals surface area contributed by atoms with Crippen LogP contribution in [0.25, 0.3) is 22.3 Å². The van der Waals surface area contributed by atoms with E-state index in [1.54, 1.807) is 36.0 Å². The number of halogens is 3.